The number of unbranched alkanes of at least 4 members (excludes halogenated alkanes) is 61. The first-order chi connectivity index (χ1) is 54.4. The molecule has 0 aliphatic rings. The van der Waals surface area contributed by atoms with E-state index in [-0.39, 0.29) is 25.7 Å². The Morgan fingerprint density at radius 1 is 0.259 bits per heavy atom. The van der Waals surface area contributed by atoms with Crippen molar-refractivity contribution < 1.29 is 80.2 Å². The summed E-state index contributed by atoms with van der Waals surface area (Å²) in [6, 6.07) is 0. The maximum Gasteiger partial charge on any atom is 0.472 e. The summed E-state index contributed by atoms with van der Waals surface area (Å²) in [6.07, 6.45) is 79.3. The fourth-order valence-corrected chi connectivity index (χ4v) is 16.2. The van der Waals surface area contributed by atoms with Gasteiger partial charge < -0.3 is 33.8 Å². The molecular formula is C93H182O17P2. The monoisotopic (exact) mass is 1630 g/mol. The molecule has 666 valence electrons. The highest BCUT2D eigenvalue weighted by molar-refractivity contribution is 7.47. The zero-order valence-electron chi connectivity index (χ0n) is 74.0. The van der Waals surface area contributed by atoms with Crippen LogP contribution in [0.4, 0.5) is 0 Å². The van der Waals surface area contributed by atoms with E-state index in [9.17, 15) is 43.2 Å². The molecule has 3 N–H and O–H groups in total. The van der Waals surface area contributed by atoms with Crippen LogP contribution in [0.3, 0.4) is 0 Å². The summed E-state index contributed by atoms with van der Waals surface area (Å²) in [5, 5.41) is 10.7. The minimum absolute atomic E-state index is 0.108. The SMILES string of the molecule is CCCCCCCCCCCCCCCCCCCCCCCC(=O)OC[C@H](COP(=O)(O)OC[C@@H](O)COP(=O)(O)OC[C@@H](COC(=O)CCCCCCCCCCC(C)CC)OC(=O)CCCCCCCCCCCCCCCCCC(C)C)OC(=O)CCCCCCCCCCCCCCCCCCCCCCC. The number of carbonyl (C=O) groups excluding carboxylic acids is 4. The van der Waals surface area contributed by atoms with Gasteiger partial charge in [-0.2, -0.15) is 0 Å². The van der Waals surface area contributed by atoms with E-state index in [0.717, 1.165) is 102 Å². The van der Waals surface area contributed by atoms with E-state index in [2.05, 4.69) is 41.5 Å². The number of ether oxygens (including phenoxy) is 4. The van der Waals surface area contributed by atoms with Crippen molar-refractivity contribution in [2.24, 2.45) is 11.8 Å². The first-order valence-corrected chi connectivity index (χ1v) is 51.0. The lowest BCUT2D eigenvalue weighted by atomic mass is 9.99. The molecule has 0 bridgehead atoms. The van der Waals surface area contributed by atoms with Gasteiger partial charge in [-0.15, -0.1) is 0 Å². The van der Waals surface area contributed by atoms with Gasteiger partial charge in [-0.3, -0.25) is 37.3 Å². The molecule has 0 amide bonds. The molecule has 0 aromatic rings. The Morgan fingerprint density at radius 3 is 0.679 bits per heavy atom. The van der Waals surface area contributed by atoms with Crippen molar-refractivity contribution in [3.63, 3.8) is 0 Å². The number of phosphoric acid groups is 2. The summed E-state index contributed by atoms with van der Waals surface area (Å²) in [5.41, 5.74) is 0. The van der Waals surface area contributed by atoms with Crippen molar-refractivity contribution in [1.82, 2.24) is 0 Å². The van der Waals surface area contributed by atoms with Gasteiger partial charge in [-0.1, -0.05) is 452 Å². The number of hydrogen-bond donors (Lipinski definition) is 3. The van der Waals surface area contributed by atoms with E-state index in [4.69, 9.17) is 37.0 Å². The molecule has 0 aromatic carbocycles. The van der Waals surface area contributed by atoms with Crippen LogP contribution in [0, 0.1) is 11.8 Å². The molecule has 0 saturated heterocycles. The average Bonchev–Trinajstić information content (AvgIpc) is 0.894. The summed E-state index contributed by atoms with van der Waals surface area (Å²) < 4.78 is 69.1. The van der Waals surface area contributed by atoms with Crippen molar-refractivity contribution >= 4 is 39.5 Å². The molecule has 0 fully saturated rings. The van der Waals surface area contributed by atoms with Crippen molar-refractivity contribution in [3.8, 4) is 0 Å². The number of rotatable bonds is 92. The number of phosphoric ester groups is 2. The normalized spacial score (nSPS) is 13.9. The van der Waals surface area contributed by atoms with Crippen LogP contribution in [0.5, 0.6) is 0 Å². The number of aliphatic hydroxyl groups is 1. The third kappa shape index (κ3) is 84.5. The second-order valence-corrected chi connectivity index (χ2v) is 37.0. The van der Waals surface area contributed by atoms with E-state index in [1.165, 1.54) is 321 Å². The van der Waals surface area contributed by atoms with E-state index in [1.54, 1.807) is 0 Å². The van der Waals surface area contributed by atoms with Crippen LogP contribution < -0.4 is 0 Å². The molecule has 0 aliphatic carbocycles. The van der Waals surface area contributed by atoms with Gasteiger partial charge in [0.15, 0.2) is 12.2 Å². The standard InChI is InChI=1S/C93H182O17P2/c1-7-10-12-14-16-18-20-22-24-26-28-30-32-34-38-42-46-50-57-63-69-75-90(95)103-81-88(109-92(97)77-71-65-59-51-47-43-39-35-33-31-29-27-25-23-21-19-17-15-13-11-8-2)83-107-111(99,100)105-79-87(94)80-106-112(101,102)108-84-89(82-104-91(96)76-70-64-58-54-53-56-62-68-74-86(6)9-3)110-93(98)78-72-66-60-52-48-44-40-36-37-41-45-49-55-61-67-73-85(4)5/h85-89,94H,7-84H2,1-6H3,(H,99,100)(H,101,102)/t86?,87-,88-,89-/m1/s1. The van der Waals surface area contributed by atoms with Crippen LogP contribution in [0.2, 0.25) is 0 Å². The minimum atomic E-state index is -4.97. The summed E-state index contributed by atoms with van der Waals surface area (Å²) in [4.78, 5) is 73.5. The second kappa shape index (κ2) is 84.1. The number of aliphatic hydroxyl groups excluding tert-OH is 1. The van der Waals surface area contributed by atoms with Gasteiger partial charge in [0.1, 0.15) is 19.3 Å². The zero-order chi connectivity index (χ0) is 82.0. The Hall–Kier alpha value is -1.94. The predicted molar refractivity (Wildman–Crippen MR) is 465 cm³/mol. The highest BCUT2D eigenvalue weighted by atomic mass is 31.2. The molecule has 0 heterocycles. The first kappa shape index (κ1) is 110. The van der Waals surface area contributed by atoms with Gasteiger partial charge in [-0.05, 0) is 37.5 Å². The molecule has 17 nitrogen and oxygen atoms in total. The zero-order valence-corrected chi connectivity index (χ0v) is 75.8. The van der Waals surface area contributed by atoms with Gasteiger partial charge in [0.05, 0.1) is 26.4 Å². The van der Waals surface area contributed by atoms with E-state index in [1.807, 2.05) is 0 Å². The molecule has 0 aromatic heterocycles. The van der Waals surface area contributed by atoms with Crippen LogP contribution in [-0.4, -0.2) is 96.7 Å². The van der Waals surface area contributed by atoms with Crippen LogP contribution >= 0.6 is 15.6 Å². The minimum Gasteiger partial charge on any atom is -0.462 e. The van der Waals surface area contributed by atoms with Gasteiger partial charge >= 0.3 is 39.5 Å². The van der Waals surface area contributed by atoms with Gasteiger partial charge in [0.25, 0.3) is 0 Å². The summed E-state index contributed by atoms with van der Waals surface area (Å²) in [7, 11) is -9.94. The maximum atomic E-state index is 13.2. The third-order valence-electron chi connectivity index (χ3n) is 22.3. The smallest absolute Gasteiger partial charge is 0.462 e. The second-order valence-electron chi connectivity index (χ2n) is 34.1. The summed E-state index contributed by atoms with van der Waals surface area (Å²) in [5.74, 6) is -0.515. The van der Waals surface area contributed by atoms with Crippen LogP contribution in [0.1, 0.15) is 504 Å². The van der Waals surface area contributed by atoms with Gasteiger partial charge in [-0.25, -0.2) is 9.13 Å². The highest BCUT2D eigenvalue weighted by Gasteiger charge is 2.31. The van der Waals surface area contributed by atoms with Crippen molar-refractivity contribution in [2.75, 3.05) is 39.6 Å². The number of carbonyl (C=O) groups is 4. The quantitative estimate of drug-likeness (QED) is 0.0222. The molecular weight excluding hydrogens is 1450 g/mol. The molecule has 112 heavy (non-hydrogen) atoms. The fourth-order valence-electron chi connectivity index (χ4n) is 14.6. The Kier molecular flexibility index (Phi) is 82.6. The first-order valence-electron chi connectivity index (χ1n) is 48.0. The maximum absolute atomic E-state index is 13.2. The Morgan fingerprint density at radius 2 is 0.455 bits per heavy atom. The van der Waals surface area contributed by atoms with E-state index < -0.39 is 97.5 Å². The largest absolute Gasteiger partial charge is 0.472 e. The molecule has 0 spiro atoms. The van der Waals surface area contributed by atoms with Crippen molar-refractivity contribution in [1.29, 1.82) is 0 Å². The Bertz CT molecular complexity index is 2130. The fraction of sp³-hybridized carbons (Fsp3) is 0.957. The average molecular weight is 1630 g/mol. The molecule has 0 rings (SSSR count). The summed E-state index contributed by atoms with van der Waals surface area (Å²) in [6.45, 7) is 9.74. The molecule has 3 unspecified atom stereocenters. The lowest BCUT2D eigenvalue weighted by Crippen LogP contribution is -2.30. The molecule has 0 saturated carbocycles. The van der Waals surface area contributed by atoms with Crippen molar-refractivity contribution in [3.05, 3.63) is 0 Å². The Balaban J connectivity index is 5.24. The highest BCUT2D eigenvalue weighted by Crippen LogP contribution is 2.45. The lowest BCUT2D eigenvalue weighted by Gasteiger charge is -2.21. The lowest BCUT2D eigenvalue weighted by molar-refractivity contribution is -0.161. The number of hydrogen-bond acceptors (Lipinski definition) is 15. The summed E-state index contributed by atoms with van der Waals surface area (Å²) >= 11 is 0. The van der Waals surface area contributed by atoms with E-state index in [0.29, 0.717) is 25.7 Å². The van der Waals surface area contributed by atoms with E-state index >= 15 is 0 Å². The van der Waals surface area contributed by atoms with Crippen molar-refractivity contribution in [2.45, 2.75) is 522 Å². The van der Waals surface area contributed by atoms with Crippen LogP contribution in [0.15, 0.2) is 0 Å². The van der Waals surface area contributed by atoms with Gasteiger partial charge in [0.2, 0.25) is 0 Å². The third-order valence-corrected chi connectivity index (χ3v) is 24.2. The van der Waals surface area contributed by atoms with Crippen LogP contribution in [0.25, 0.3) is 0 Å². The number of esters is 4. The van der Waals surface area contributed by atoms with Crippen LogP contribution in [-0.2, 0) is 65.4 Å². The molecule has 19 heteroatoms. The molecule has 0 aliphatic heterocycles. The molecule has 0 radical (unpaired) electrons. The predicted octanol–water partition coefficient (Wildman–Crippen LogP) is 29.0. The topological polar surface area (TPSA) is 237 Å². The Labute approximate surface area is 689 Å². The van der Waals surface area contributed by atoms with Gasteiger partial charge in [0, 0.05) is 25.7 Å². The molecule has 6 atom stereocenters.